The number of carbonyl (C=O) groups excluding carboxylic acids is 1. The minimum atomic E-state index is -0.0544. The molecule has 2 aromatic heterocycles. The van der Waals surface area contributed by atoms with Crippen molar-refractivity contribution in [2.75, 3.05) is 12.3 Å². The predicted molar refractivity (Wildman–Crippen MR) is 76.0 cm³/mol. The van der Waals surface area contributed by atoms with E-state index in [9.17, 15) is 4.79 Å². The van der Waals surface area contributed by atoms with Gasteiger partial charge < -0.3 is 15.6 Å². The summed E-state index contributed by atoms with van der Waals surface area (Å²) in [5.41, 5.74) is 8.07. The van der Waals surface area contributed by atoms with Gasteiger partial charge in [0.1, 0.15) is 6.54 Å². The highest BCUT2D eigenvalue weighted by Gasteiger charge is 2.10. The van der Waals surface area contributed by atoms with Crippen LogP contribution in [-0.4, -0.2) is 31.8 Å². The molecule has 0 aliphatic rings. The number of nitrogens with one attached hydrogen (secondary N) is 1. The van der Waals surface area contributed by atoms with Crippen molar-refractivity contribution in [3.63, 3.8) is 0 Å². The van der Waals surface area contributed by atoms with Crippen LogP contribution in [-0.2, 0) is 17.9 Å². The van der Waals surface area contributed by atoms with Crippen LogP contribution in [0.2, 0.25) is 0 Å². The molecule has 0 saturated carbocycles. The molecule has 0 bridgehead atoms. The summed E-state index contributed by atoms with van der Waals surface area (Å²) in [7, 11) is 0. The van der Waals surface area contributed by atoms with Crippen LogP contribution < -0.4 is 11.1 Å². The number of nitrogens with two attached hydrogens (primary N) is 1. The molecule has 1 amide bonds. The summed E-state index contributed by atoms with van der Waals surface area (Å²) in [5, 5.41) is 7.11. The number of amides is 1. The fourth-order valence-corrected chi connectivity index (χ4v) is 1.97. The largest absolute Gasteiger partial charge is 0.396 e. The van der Waals surface area contributed by atoms with Crippen molar-refractivity contribution in [2.24, 2.45) is 0 Å². The lowest BCUT2D eigenvalue weighted by molar-refractivity contribution is -0.121. The number of rotatable bonds is 6. The van der Waals surface area contributed by atoms with Gasteiger partial charge in [-0.2, -0.15) is 5.10 Å². The zero-order valence-electron chi connectivity index (χ0n) is 11.8. The third-order valence-electron chi connectivity index (χ3n) is 3.21. The van der Waals surface area contributed by atoms with E-state index in [1.807, 2.05) is 24.6 Å². The Morgan fingerprint density at radius 2 is 2.25 bits per heavy atom. The average Bonchev–Trinajstić information content (AvgIpc) is 3.01. The fourth-order valence-electron chi connectivity index (χ4n) is 1.97. The molecule has 0 saturated heterocycles. The Morgan fingerprint density at radius 3 is 2.85 bits per heavy atom. The number of nitrogen functional groups attached to an aromatic ring is 1. The summed E-state index contributed by atoms with van der Waals surface area (Å²) in [6.07, 6.45) is 6.27. The highest BCUT2D eigenvalue weighted by molar-refractivity contribution is 5.75. The SMILES string of the molecule is Cc1nn(CC(=O)NCCCn2ccnc2)c(C)c1N. The van der Waals surface area contributed by atoms with Crippen LogP contribution in [0.4, 0.5) is 5.69 Å². The molecule has 108 valence electrons. The second kappa shape index (κ2) is 6.23. The van der Waals surface area contributed by atoms with Crippen molar-refractivity contribution < 1.29 is 4.79 Å². The second-order valence-corrected chi connectivity index (χ2v) is 4.75. The highest BCUT2D eigenvalue weighted by atomic mass is 16.2. The summed E-state index contributed by atoms with van der Waals surface area (Å²) >= 11 is 0. The molecular weight excluding hydrogens is 256 g/mol. The smallest absolute Gasteiger partial charge is 0.241 e. The molecule has 0 spiro atoms. The van der Waals surface area contributed by atoms with E-state index < -0.39 is 0 Å². The third kappa shape index (κ3) is 3.37. The first kappa shape index (κ1) is 14.1. The number of imidazole rings is 1. The Hall–Kier alpha value is -2.31. The average molecular weight is 276 g/mol. The van der Waals surface area contributed by atoms with Crippen molar-refractivity contribution in [3.8, 4) is 0 Å². The Bertz CT molecular complexity index is 572. The molecular formula is C13H20N6O. The maximum atomic E-state index is 11.8. The lowest BCUT2D eigenvalue weighted by Crippen LogP contribution is -2.29. The number of nitrogens with zero attached hydrogens (tertiary/aromatic N) is 4. The first-order chi connectivity index (χ1) is 9.58. The number of carbonyl (C=O) groups is 1. The van der Waals surface area contributed by atoms with E-state index in [4.69, 9.17) is 5.73 Å². The van der Waals surface area contributed by atoms with Gasteiger partial charge in [-0.3, -0.25) is 9.48 Å². The summed E-state index contributed by atoms with van der Waals surface area (Å²) in [6, 6.07) is 0. The van der Waals surface area contributed by atoms with Crippen molar-refractivity contribution in [3.05, 3.63) is 30.1 Å². The van der Waals surface area contributed by atoms with Crippen molar-refractivity contribution >= 4 is 11.6 Å². The van der Waals surface area contributed by atoms with Gasteiger partial charge in [0, 0.05) is 25.5 Å². The molecule has 0 aliphatic carbocycles. The van der Waals surface area contributed by atoms with Gasteiger partial charge in [-0.15, -0.1) is 0 Å². The Balaban J connectivity index is 1.74. The first-order valence-corrected chi connectivity index (χ1v) is 6.60. The van der Waals surface area contributed by atoms with Crippen molar-refractivity contribution in [1.82, 2.24) is 24.6 Å². The summed E-state index contributed by atoms with van der Waals surface area (Å²) < 4.78 is 3.61. The van der Waals surface area contributed by atoms with Gasteiger partial charge in [0.25, 0.3) is 0 Å². The minimum Gasteiger partial charge on any atom is -0.396 e. The maximum Gasteiger partial charge on any atom is 0.241 e. The molecule has 0 unspecified atom stereocenters. The van der Waals surface area contributed by atoms with Crippen LogP contribution in [0.1, 0.15) is 17.8 Å². The van der Waals surface area contributed by atoms with Crippen molar-refractivity contribution in [1.29, 1.82) is 0 Å². The summed E-state index contributed by atoms with van der Waals surface area (Å²) in [4.78, 5) is 15.8. The molecule has 2 heterocycles. The van der Waals surface area contributed by atoms with Gasteiger partial charge in [-0.05, 0) is 20.3 Å². The van der Waals surface area contributed by atoms with Crippen LogP contribution in [0.5, 0.6) is 0 Å². The topological polar surface area (TPSA) is 90.8 Å². The fraction of sp³-hybridized carbons (Fsp3) is 0.462. The van der Waals surface area contributed by atoms with Gasteiger partial charge in [-0.25, -0.2) is 4.98 Å². The number of aryl methyl sites for hydroxylation is 2. The monoisotopic (exact) mass is 276 g/mol. The molecule has 3 N–H and O–H groups in total. The zero-order chi connectivity index (χ0) is 14.5. The molecule has 0 radical (unpaired) electrons. The number of aromatic nitrogens is 4. The summed E-state index contributed by atoms with van der Waals surface area (Å²) in [5.74, 6) is -0.0544. The van der Waals surface area contributed by atoms with Crippen LogP contribution in [0.3, 0.4) is 0 Å². The Labute approximate surface area is 117 Å². The van der Waals surface area contributed by atoms with E-state index in [1.165, 1.54) is 0 Å². The van der Waals surface area contributed by atoms with Gasteiger partial charge in [-0.1, -0.05) is 0 Å². The molecule has 0 fully saturated rings. The van der Waals surface area contributed by atoms with Crippen LogP contribution in [0.25, 0.3) is 0 Å². The molecule has 2 aromatic rings. The normalized spacial score (nSPS) is 10.7. The van der Waals surface area contributed by atoms with E-state index in [2.05, 4.69) is 15.4 Å². The van der Waals surface area contributed by atoms with Crippen molar-refractivity contribution in [2.45, 2.75) is 33.4 Å². The molecule has 0 aliphatic heterocycles. The van der Waals surface area contributed by atoms with E-state index >= 15 is 0 Å². The van der Waals surface area contributed by atoms with E-state index in [0.29, 0.717) is 12.2 Å². The molecule has 7 nitrogen and oxygen atoms in total. The van der Waals surface area contributed by atoms with Crippen LogP contribution in [0, 0.1) is 13.8 Å². The first-order valence-electron chi connectivity index (χ1n) is 6.60. The predicted octanol–water partition coefficient (Wildman–Crippen LogP) is 0.485. The van der Waals surface area contributed by atoms with E-state index in [0.717, 1.165) is 24.4 Å². The number of hydrogen-bond acceptors (Lipinski definition) is 4. The lowest BCUT2D eigenvalue weighted by Gasteiger charge is -2.07. The molecule has 2 rings (SSSR count). The lowest BCUT2D eigenvalue weighted by atomic mass is 10.3. The molecule has 0 aromatic carbocycles. The second-order valence-electron chi connectivity index (χ2n) is 4.75. The quantitative estimate of drug-likeness (QED) is 0.751. The van der Waals surface area contributed by atoms with E-state index in [-0.39, 0.29) is 12.5 Å². The van der Waals surface area contributed by atoms with E-state index in [1.54, 1.807) is 17.2 Å². The Morgan fingerprint density at radius 1 is 1.45 bits per heavy atom. The molecule has 0 atom stereocenters. The highest BCUT2D eigenvalue weighted by Crippen LogP contribution is 2.14. The summed E-state index contributed by atoms with van der Waals surface area (Å²) in [6.45, 7) is 5.37. The Kier molecular flexibility index (Phi) is 4.39. The zero-order valence-corrected chi connectivity index (χ0v) is 11.8. The van der Waals surface area contributed by atoms with Gasteiger partial charge in [0.15, 0.2) is 0 Å². The molecule has 20 heavy (non-hydrogen) atoms. The number of anilines is 1. The minimum absolute atomic E-state index is 0.0544. The van der Waals surface area contributed by atoms with Crippen LogP contribution in [0.15, 0.2) is 18.7 Å². The van der Waals surface area contributed by atoms with Gasteiger partial charge in [0.2, 0.25) is 5.91 Å². The standard InChI is InChI=1S/C13H20N6O/c1-10-13(14)11(2)19(17-10)8-12(20)16-4-3-6-18-7-5-15-9-18/h5,7,9H,3-4,6,8,14H2,1-2H3,(H,16,20). The van der Waals surface area contributed by atoms with Crippen LogP contribution >= 0.6 is 0 Å². The van der Waals surface area contributed by atoms with Gasteiger partial charge >= 0.3 is 0 Å². The maximum absolute atomic E-state index is 11.8. The number of hydrogen-bond donors (Lipinski definition) is 2. The third-order valence-corrected chi connectivity index (χ3v) is 3.21. The molecule has 7 heteroatoms. The van der Waals surface area contributed by atoms with Gasteiger partial charge in [0.05, 0.1) is 23.4 Å².